The average Bonchev–Trinajstić information content (AvgIpc) is 2.20. The second-order valence-electron chi connectivity index (χ2n) is 3.96. The monoisotopic (exact) mass is 285 g/mol. The van der Waals surface area contributed by atoms with Gasteiger partial charge in [0.2, 0.25) is 0 Å². The van der Waals surface area contributed by atoms with Crippen LogP contribution in [0.2, 0.25) is 0 Å². The summed E-state index contributed by atoms with van der Waals surface area (Å²) in [5.74, 6) is -0.846. The first-order valence-corrected chi connectivity index (χ1v) is 6.26. The molecule has 0 aliphatic heterocycles. The summed E-state index contributed by atoms with van der Waals surface area (Å²) in [7, 11) is 0. The highest BCUT2D eigenvalue weighted by atomic mass is 79.9. The fourth-order valence-corrected chi connectivity index (χ4v) is 1.96. The molecule has 0 spiro atoms. The van der Waals surface area contributed by atoms with Crippen molar-refractivity contribution in [1.82, 2.24) is 0 Å². The molecule has 16 heavy (non-hydrogen) atoms. The van der Waals surface area contributed by atoms with E-state index in [1.807, 2.05) is 13.0 Å². The molecule has 0 bridgehead atoms. The Morgan fingerprint density at radius 3 is 2.81 bits per heavy atom. The maximum atomic E-state index is 10.5. The van der Waals surface area contributed by atoms with E-state index in [0.29, 0.717) is 6.42 Å². The molecule has 0 saturated carbocycles. The van der Waals surface area contributed by atoms with Crippen molar-refractivity contribution >= 4 is 21.9 Å². The van der Waals surface area contributed by atoms with Crippen LogP contribution < -0.4 is 5.73 Å². The zero-order valence-electron chi connectivity index (χ0n) is 9.24. The molecular formula is C12H16BrNO2. The summed E-state index contributed by atoms with van der Waals surface area (Å²) in [6.45, 7) is 2.01. The molecule has 1 unspecified atom stereocenters. The van der Waals surface area contributed by atoms with E-state index in [2.05, 4.69) is 28.1 Å². The molecule has 0 amide bonds. The summed E-state index contributed by atoms with van der Waals surface area (Å²) in [5, 5.41) is 9.44. The lowest BCUT2D eigenvalue weighted by atomic mass is 9.98. The van der Waals surface area contributed by atoms with Crippen LogP contribution in [0.25, 0.3) is 0 Å². The largest absolute Gasteiger partial charge is 0.481 e. The van der Waals surface area contributed by atoms with Gasteiger partial charge in [0.25, 0.3) is 0 Å². The van der Waals surface area contributed by atoms with Crippen molar-refractivity contribution in [2.24, 2.45) is 5.73 Å². The first kappa shape index (κ1) is 13.2. The van der Waals surface area contributed by atoms with Crippen LogP contribution in [-0.2, 0) is 16.5 Å². The number of carbonyl (C=O) groups is 1. The van der Waals surface area contributed by atoms with Gasteiger partial charge in [-0.05, 0) is 30.0 Å². The minimum atomic E-state index is -0.846. The van der Waals surface area contributed by atoms with Crippen molar-refractivity contribution in [1.29, 1.82) is 0 Å². The topological polar surface area (TPSA) is 63.3 Å². The number of nitrogens with two attached hydrogens (primary N) is 1. The van der Waals surface area contributed by atoms with Crippen LogP contribution in [0, 0.1) is 6.92 Å². The van der Waals surface area contributed by atoms with Gasteiger partial charge < -0.3 is 10.8 Å². The lowest BCUT2D eigenvalue weighted by Gasteiger charge is -2.12. The zero-order valence-corrected chi connectivity index (χ0v) is 10.8. The summed E-state index contributed by atoms with van der Waals surface area (Å²) in [4.78, 5) is 10.5. The second kappa shape index (κ2) is 6.01. The molecule has 3 nitrogen and oxygen atoms in total. The van der Waals surface area contributed by atoms with E-state index < -0.39 is 5.97 Å². The lowest BCUT2D eigenvalue weighted by molar-refractivity contribution is -0.137. The van der Waals surface area contributed by atoms with Crippen LogP contribution in [0.4, 0.5) is 0 Å². The van der Waals surface area contributed by atoms with E-state index >= 15 is 0 Å². The quantitative estimate of drug-likeness (QED) is 0.816. The van der Waals surface area contributed by atoms with Crippen LogP contribution in [0.15, 0.2) is 18.2 Å². The molecule has 0 aliphatic rings. The number of carboxylic acid groups (broad SMARTS) is 1. The van der Waals surface area contributed by atoms with E-state index in [1.165, 1.54) is 5.56 Å². The zero-order chi connectivity index (χ0) is 12.1. The lowest BCUT2D eigenvalue weighted by Crippen LogP contribution is -2.26. The van der Waals surface area contributed by atoms with Gasteiger partial charge in [-0.2, -0.15) is 0 Å². The Hall–Kier alpha value is -0.870. The number of aliphatic carboxylic acids is 1. The van der Waals surface area contributed by atoms with Crippen molar-refractivity contribution in [3.8, 4) is 0 Å². The molecule has 0 fully saturated rings. The van der Waals surface area contributed by atoms with Gasteiger partial charge in [0.05, 0.1) is 6.42 Å². The summed E-state index contributed by atoms with van der Waals surface area (Å²) in [5.41, 5.74) is 9.25. The van der Waals surface area contributed by atoms with E-state index in [0.717, 1.165) is 16.5 Å². The Bertz CT molecular complexity index is 379. The van der Waals surface area contributed by atoms with Crippen molar-refractivity contribution in [3.05, 3.63) is 34.9 Å². The van der Waals surface area contributed by atoms with Gasteiger partial charge in [0, 0.05) is 11.4 Å². The van der Waals surface area contributed by atoms with E-state index in [9.17, 15) is 4.79 Å². The molecule has 1 aromatic carbocycles. The number of hydrogen-bond acceptors (Lipinski definition) is 2. The van der Waals surface area contributed by atoms with Crippen LogP contribution in [0.3, 0.4) is 0 Å². The highest BCUT2D eigenvalue weighted by Crippen LogP contribution is 2.15. The first-order valence-electron chi connectivity index (χ1n) is 5.14. The van der Waals surface area contributed by atoms with Crippen LogP contribution in [0.1, 0.15) is 23.1 Å². The molecule has 3 N–H and O–H groups in total. The predicted molar refractivity (Wildman–Crippen MR) is 67.7 cm³/mol. The maximum Gasteiger partial charge on any atom is 0.304 e. The minimum Gasteiger partial charge on any atom is -0.481 e. The molecule has 4 heteroatoms. The third kappa shape index (κ3) is 3.94. The van der Waals surface area contributed by atoms with Gasteiger partial charge >= 0.3 is 5.97 Å². The number of benzene rings is 1. The highest BCUT2D eigenvalue weighted by Gasteiger charge is 2.10. The summed E-state index contributed by atoms with van der Waals surface area (Å²) in [6, 6.07) is 5.85. The fraction of sp³-hybridized carbons (Fsp3) is 0.417. The normalized spacial score (nSPS) is 12.4. The molecule has 1 aromatic rings. The van der Waals surface area contributed by atoms with Crippen LogP contribution >= 0.6 is 15.9 Å². The number of rotatable bonds is 5. The molecule has 0 aromatic heterocycles. The predicted octanol–water partition coefficient (Wildman–Crippen LogP) is 2.23. The number of hydrogen-bond donors (Lipinski definition) is 2. The number of alkyl halides is 1. The summed E-state index contributed by atoms with van der Waals surface area (Å²) < 4.78 is 0. The molecule has 0 heterocycles. The third-order valence-electron chi connectivity index (χ3n) is 2.49. The van der Waals surface area contributed by atoms with Gasteiger partial charge in [-0.1, -0.05) is 34.1 Å². The second-order valence-corrected chi connectivity index (χ2v) is 4.52. The van der Waals surface area contributed by atoms with Crippen molar-refractivity contribution < 1.29 is 9.90 Å². The number of halogens is 1. The summed E-state index contributed by atoms with van der Waals surface area (Å²) in [6.07, 6.45) is 0.622. The molecule has 88 valence electrons. The SMILES string of the molecule is Cc1ccc(CBr)cc1CC(N)CC(=O)O. The van der Waals surface area contributed by atoms with Gasteiger partial charge in [0.1, 0.15) is 0 Å². The van der Waals surface area contributed by atoms with Gasteiger partial charge in [-0.15, -0.1) is 0 Å². The summed E-state index contributed by atoms with van der Waals surface area (Å²) >= 11 is 3.40. The smallest absolute Gasteiger partial charge is 0.304 e. The van der Waals surface area contributed by atoms with E-state index in [1.54, 1.807) is 0 Å². The first-order chi connectivity index (χ1) is 7.52. The molecule has 1 rings (SSSR count). The van der Waals surface area contributed by atoms with E-state index in [-0.39, 0.29) is 12.5 Å². The minimum absolute atomic E-state index is 0.0119. The molecular weight excluding hydrogens is 270 g/mol. The molecule has 1 atom stereocenters. The van der Waals surface area contributed by atoms with Crippen molar-refractivity contribution in [2.45, 2.75) is 31.1 Å². The molecule has 0 aliphatic carbocycles. The molecule has 0 saturated heterocycles. The van der Waals surface area contributed by atoms with Crippen LogP contribution in [-0.4, -0.2) is 17.1 Å². The number of carboxylic acids is 1. The van der Waals surface area contributed by atoms with Gasteiger partial charge in [0.15, 0.2) is 0 Å². The fourth-order valence-electron chi connectivity index (χ4n) is 1.61. The number of aryl methyl sites for hydroxylation is 1. The van der Waals surface area contributed by atoms with Gasteiger partial charge in [-0.25, -0.2) is 0 Å². The van der Waals surface area contributed by atoms with Crippen LogP contribution in [0.5, 0.6) is 0 Å². The standard InChI is InChI=1S/C12H16BrNO2/c1-8-2-3-9(7-13)4-10(8)5-11(14)6-12(15)16/h2-4,11H,5-7,14H2,1H3,(H,15,16). The van der Waals surface area contributed by atoms with E-state index in [4.69, 9.17) is 10.8 Å². The van der Waals surface area contributed by atoms with Crippen molar-refractivity contribution in [3.63, 3.8) is 0 Å². The van der Waals surface area contributed by atoms with Gasteiger partial charge in [-0.3, -0.25) is 4.79 Å². The Balaban J connectivity index is 2.75. The third-order valence-corrected chi connectivity index (χ3v) is 3.13. The Morgan fingerprint density at radius 2 is 2.25 bits per heavy atom. The highest BCUT2D eigenvalue weighted by molar-refractivity contribution is 9.08. The Labute approximate surface area is 104 Å². The Morgan fingerprint density at radius 1 is 1.56 bits per heavy atom. The van der Waals surface area contributed by atoms with Crippen molar-refractivity contribution in [2.75, 3.05) is 0 Å². The Kier molecular flexibility index (Phi) is 4.96. The average molecular weight is 286 g/mol. The maximum absolute atomic E-state index is 10.5. The molecule has 0 radical (unpaired) electrons.